The topological polar surface area (TPSA) is 49.6 Å². The molecule has 4 heteroatoms. The van der Waals surface area contributed by atoms with Gasteiger partial charge in [0.1, 0.15) is 0 Å². The highest BCUT2D eigenvalue weighted by Crippen LogP contribution is 2.33. The third-order valence-corrected chi connectivity index (χ3v) is 6.26. The first-order valence-electron chi connectivity index (χ1n) is 9.52. The van der Waals surface area contributed by atoms with E-state index in [0.29, 0.717) is 5.56 Å². The molecule has 3 saturated heterocycles. The zero-order valence-electron chi connectivity index (χ0n) is 14.5. The van der Waals surface area contributed by atoms with E-state index in [4.69, 9.17) is 5.73 Å². The molecule has 0 unspecified atom stereocenters. The Morgan fingerprint density at radius 1 is 1.04 bits per heavy atom. The number of fused-ring (bicyclic) bond motifs is 4. The molecule has 0 aromatic heterocycles. The van der Waals surface area contributed by atoms with Gasteiger partial charge in [-0.3, -0.25) is 14.6 Å². The summed E-state index contributed by atoms with van der Waals surface area (Å²) in [7, 11) is 0. The van der Waals surface area contributed by atoms with Crippen LogP contribution in [0.4, 0.5) is 0 Å². The van der Waals surface area contributed by atoms with E-state index in [9.17, 15) is 4.79 Å². The third-order valence-electron chi connectivity index (χ3n) is 6.26. The first kappa shape index (κ1) is 16.1. The molecule has 1 amide bonds. The summed E-state index contributed by atoms with van der Waals surface area (Å²) in [6.07, 6.45) is 7.10. The van der Waals surface area contributed by atoms with Crippen molar-refractivity contribution in [2.45, 2.75) is 44.7 Å². The van der Waals surface area contributed by atoms with Gasteiger partial charge in [0.05, 0.1) is 0 Å². The van der Waals surface area contributed by atoms with Crippen LogP contribution in [-0.2, 0) is 6.54 Å². The predicted molar refractivity (Wildman–Crippen MR) is 95.7 cm³/mol. The van der Waals surface area contributed by atoms with E-state index in [2.05, 4.69) is 21.9 Å². The molecular formula is C20H29N3O. The van der Waals surface area contributed by atoms with Crippen molar-refractivity contribution in [2.24, 2.45) is 17.6 Å². The zero-order chi connectivity index (χ0) is 16.5. The van der Waals surface area contributed by atoms with Crippen molar-refractivity contribution in [2.75, 3.05) is 26.2 Å². The molecule has 2 N–H and O–H groups in total. The van der Waals surface area contributed by atoms with Crippen LogP contribution < -0.4 is 5.73 Å². The molecule has 24 heavy (non-hydrogen) atoms. The molecule has 0 spiro atoms. The molecule has 2 atom stereocenters. The molecule has 0 radical (unpaired) electrons. The number of amides is 1. The number of primary amides is 1. The van der Waals surface area contributed by atoms with Gasteiger partial charge >= 0.3 is 0 Å². The van der Waals surface area contributed by atoms with Crippen molar-refractivity contribution in [3.8, 4) is 0 Å². The molecule has 3 heterocycles. The van der Waals surface area contributed by atoms with Crippen molar-refractivity contribution >= 4 is 5.91 Å². The molecule has 1 aliphatic carbocycles. The lowest BCUT2D eigenvalue weighted by Gasteiger charge is -2.40. The van der Waals surface area contributed by atoms with E-state index in [1.54, 1.807) is 0 Å². The number of nitrogens with two attached hydrogens (primary N) is 1. The molecular weight excluding hydrogens is 298 g/mol. The maximum atomic E-state index is 11.2. The molecule has 1 saturated carbocycles. The van der Waals surface area contributed by atoms with Gasteiger partial charge in [-0.15, -0.1) is 0 Å². The lowest BCUT2D eigenvalue weighted by molar-refractivity contribution is 0.0891. The second kappa shape index (κ2) is 6.85. The number of nitrogens with zero attached hydrogens (tertiary/aromatic N) is 2. The number of carbonyl (C=O) groups excluding carboxylic acids is 1. The SMILES string of the molecule is NC(=O)c1ccc(CN2C[C@H]3CC[C@@H](C2)N(CC2CCC2)C3)cc1. The van der Waals surface area contributed by atoms with Crippen molar-refractivity contribution in [1.29, 1.82) is 0 Å². The molecule has 4 aliphatic rings. The Kier molecular flexibility index (Phi) is 4.59. The Morgan fingerprint density at radius 2 is 1.83 bits per heavy atom. The van der Waals surface area contributed by atoms with Crippen LogP contribution in [0.2, 0.25) is 0 Å². The highest BCUT2D eigenvalue weighted by molar-refractivity contribution is 5.92. The molecule has 2 bridgehead atoms. The van der Waals surface area contributed by atoms with Crippen LogP contribution >= 0.6 is 0 Å². The summed E-state index contributed by atoms with van der Waals surface area (Å²) in [5.74, 6) is 1.45. The third kappa shape index (κ3) is 3.50. The van der Waals surface area contributed by atoms with E-state index in [1.165, 1.54) is 63.8 Å². The number of carbonyl (C=O) groups is 1. The first-order chi connectivity index (χ1) is 11.7. The van der Waals surface area contributed by atoms with Crippen molar-refractivity contribution in [3.63, 3.8) is 0 Å². The van der Waals surface area contributed by atoms with E-state index in [0.717, 1.165) is 24.4 Å². The highest BCUT2D eigenvalue weighted by Gasteiger charge is 2.36. The second-order valence-electron chi connectivity index (χ2n) is 8.10. The number of piperidine rings is 1. The van der Waals surface area contributed by atoms with Crippen molar-refractivity contribution in [3.05, 3.63) is 35.4 Å². The second-order valence-corrected chi connectivity index (χ2v) is 8.10. The molecule has 4 nitrogen and oxygen atoms in total. The molecule has 4 fully saturated rings. The van der Waals surface area contributed by atoms with Gasteiger partial charge in [0.25, 0.3) is 0 Å². The van der Waals surface area contributed by atoms with Crippen LogP contribution in [-0.4, -0.2) is 47.9 Å². The first-order valence-corrected chi connectivity index (χ1v) is 9.52. The predicted octanol–water partition coefficient (Wildman–Crippen LogP) is 2.48. The number of rotatable bonds is 5. The summed E-state index contributed by atoms with van der Waals surface area (Å²) >= 11 is 0. The Bertz CT molecular complexity index is 581. The normalized spacial score (nSPS) is 28.5. The van der Waals surface area contributed by atoms with Gasteiger partial charge in [-0.1, -0.05) is 18.6 Å². The number of benzene rings is 1. The molecule has 1 aromatic carbocycles. The lowest BCUT2D eigenvalue weighted by atomic mass is 9.83. The van der Waals surface area contributed by atoms with Crippen LogP contribution in [0.3, 0.4) is 0 Å². The van der Waals surface area contributed by atoms with Gasteiger partial charge < -0.3 is 5.73 Å². The zero-order valence-corrected chi connectivity index (χ0v) is 14.5. The summed E-state index contributed by atoms with van der Waals surface area (Å²) < 4.78 is 0. The fourth-order valence-corrected chi connectivity index (χ4v) is 4.67. The minimum Gasteiger partial charge on any atom is -0.366 e. The summed E-state index contributed by atoms with van der Waals surface area (Å²) in [5, 5.41) is 0. The van der Waals surface area contributed by atoms with Gasteiger partial charge in [0, 0.05) is 44.3 Å². The van der Waals surface area contributed by atoms with Crippen LogP contribution in [0, 0.1) is 11.8 Å². The summed E-state index contributed by atoms with van der Waals surface area (Å²) in [5.41, 5.74) is 7.21. The van der Waals surface area contributed by atoms with Crippen molar-refractivity contribution < 1.29 is 4.79 Å². The van der Waals surface area contributed by atoms with Crippen LogP contribution in [0.25, 0.3) is 0 Å². The average molecular weight is 327 g/mol. The lowest BCUT2D eigenvalue weighted by Crippen LogP contribution is -2.46. The fourth-order valence-electron chi connectivity index (χ4n) is 4.67. The smallest absolute Gasteiger partial charge is 0.248 e. The molecule has 3 aliphatic heterocycles. The Balaban J connectivity index is 1.39. The average Bonchev–Trinajstić information content (AvgIpc) is 2.82. The Hall–Kier alpha value is -1.39. The number of hydrogen-bond donors (Lipinski definition) is 1. The van der Waals surface area contributed by atoms with Crippen molar-refractivity contribution in [1.82, 2.24) is 9.80 Å². The summed E-state index contributed by atoms with van der Waals surface area (Å²) in [6.45, 7) is 6.04. The van der Waals surface area contributed by atoms with Gasteiger partial charge in [-0.2, -0.15) is 0 Å². The highest BCUT2D eigenvalue weighted by atomic mass is 16.1. The largest absolute Gasteiger partial charge is 0.366 e. The van der Waals surface area contributed by atoms with Crippen LogP contribution in [0.1, 0.15) is 48.0 Å². The van der Waals surface area contributed by atoms with E-state index in [-0.39, 0.29) is 5.91 Å². The van der Waals surface area contributed by atoms with E-state index in [1.807, 2.05) is 12.1 Å². The Morgan fingerprint density at radius 3 is 2.50 bits per heavy atom. The number of hydrogen-bond acceptors (Lipinski definition) is 3. The maximum absolute atomic E-state index is 11.2. The van der Waals surface area contributed by atoms with Gasteiger partial charge in [-0.25, -0.2) is 0 Å². The van der Waals surface area contributed by atoms with E-state index >= 15 is 0 Å². The fraction of sp³-hybridized carbons (Fsp3) is 0.650. The minimum absolute atomic E-state index is 0.346. The van der Waals surface area contributed by atoms with Gasteiger partial charge in [0.2, 0.25) is 5.91 Å². The Labute approximate surface area is 145 Å². The summed E-state index contributed by atoms with van der Waals surface area (Å²) in [6, 6.07) is 8.56. The van der Waals surface area contributed by atoms with Crippen LogP contribution in [0.15, 0.2) is 24.3 Å². The van der Waals surface area contributed by atoms with Crippen LogP contribution in [0.5, 0.6) is 0 Å². The maximum Gasteiger partial charge on any atom is 0.248 e. The van der Waals surface area contributed by atoms with E-state index < -0.39 is 0 Å². The molecule has 130 valence electrons. The standard InChI is InChI=1S/C20H29N3O/c21-20(24)18-7-4-16(5-8-18)10-22-11-17-6-9-19(14-22)23(13-17)12-15-2-1-3-15/h4-5,7-8,15,17,19H,1-3,6,9-14H2,(H2,21,24)/t17-,19+/m1/s1. The monoisotopic (exact) mass is 327 g/mol. The molecule has 1 aromatic rings. The summed E-state index contributed by atoms with van der Waals surface area (Å²) in [4.78, 5) is 16.6. The minimum atomic E-state index is -0.346. The molecule has 5 rings (SSSR count). The van der Waals surface area contributed by atoms with Gasteiger partial charge in [-0.05, 0) is 55.2 Å². The van der Waals surface area contributed by atoms with Gasteiger partial charge in [0.15, 0.2) is 0 Å². The quantitative estimate of drug-likeness (QED) is 0.904.